The van der Waals surface area contributed by atoms with Crippen molar-refractivity contribution in [1.29, 1.82) is 5.26 Å². The third-order valence-electron chi connectivity index (χ3n) is 2.99. The number of carboxylic acids is 1. The maximum absolute atomic E-state index is 10.8. The van der Waals surface area contributed by atoms with E-state index in [0.29, 0.717) is 0 Å². The minimum absolute atomic E-state index is 0.266. The van der Waals surface area contributed by atoms with Crippen LogP contribution in [-0.2, 0) is 4.79 Å². The van der Waals surface area contributed by atoms with Gasteiger partial charge in [-0.2, -0.15) is 17.0 Å². The Bertz CT molecular complexity index is 321. The first-order valence-corrected chi connectivity index (χ1v) is 7.14. The van der Waals surface area contributed by atoms with E-state index in [4.69, 9.17) is 16.1 Å². The Morgan fingerprint density at radius 3 is 2.39 bits per heavy atom. The fourth-order valence-electron chi connectivity index (χ4n) is 1.45. The summed E-state index contributed by atoms with van der Waals surface area (Å²) in [7, 11) is 0. The second kappa shape index (κ2) is 7.01. The van der Waals surface area contributed by atoms with Gasteiger partial charge in [-0.05, 0) is 46.3 Å². The van der Waals surface area contributed by atoms with Crippen molar-refractivity contribution in [1.82, 2.24) is 0 Å². The molecular weight excluding hydrogens is 248 g/mol. The number of unbranched alkanes of at least 4 members (excludes halogenated alkanes) is 1. The Kier molecular flexibility index (Phi) is 6.72. The van der Waals surface area contributed by atoms with Gasteiger partial charge in [0.1, 0.15) is 6.04 Å². The molecule has 0 saturated carbocycles. The van der Waals surface area contributed by atoms with Crippen LogP contribution in [0.2, 0.25) is 0 Å². The third-order valence-corrected chi connectivity index (χ3v) is 4.48. The molecule has 0 spiro atoms. The number of nitriles is 1. The number of rotatable bonds is 8. The predicted octanol–water partition coefficient (Wildman–Crippen LogP) is 2.63. The van der Waals surface area contributed by atoms with Crippen LogP contribution in [-0.4, -0.2) is 27.6 Å². The van der Waals surface area contributed by atoms with E-state index in [9.17, 15) is 4.79 Å². The molecule has 18 heavy (non-hydrogen) atoms. The SMILES string of the molecule is CC(C)(C#N)CCCCSC(C)(C)[C@H](N)C(=O)O. The van der Waals surface area contributed by atoms with Crippen LogP contribution in [0.5, 0.6) is 0 Å². The molecule has 4 nitrogen and oxygen atoms in total. The molecule has 0 bridgehead atoms. The number of aliphatic carboxylic acids is 1. The van der Waals surface area contributed by atoms with Crippen LogP contribution in [0.4, 0.5) is 0 Å². The molecule has 1 atom stereocenters. The van der Waals surface area contributed by atoms with Crippen molar-refractivity contribution in [2.75, 3.05) is 5.75 Å². The van der Waals surface area contributed by atoms with Crippen molar-refractivity contribution < 1.29 is 9.90 Å². The Labute approximate surface area is 114 Å². The average molecular weight is 272 g/mol. The van der Waals surface area contributed by atoms with Gasteiger partial charge >= 0.3 is 5.97 Å². The van der Waals surface area contributed by atoms with Gasteiger partial charge in [0.15, 0.2) is 0 Å². The van der Waals surface area contributed by atoms with E-state index in [1.165, 1.54) is 0 Å². The fraction of sp³-hybridized carbons (Fsp3) is 0.846. The van der Waals surface area contributed by atoms with Gasteiger partial charge in [-0.15, -0.1) is 0 Å². The molecule has 0 unspecified atom stereocenters. The molecule has 0 aromatic heterocycles. The maximum atomic E-state index is 10.8. The zero-order valence-electron chi connectivity index (χ0n) is 11.7. The highest BCUT2D eigenvalue weighted by atomic mass is 32.2. The van der Waals surface area contributed by atoms with Crippen LogP contribution in [0.1, 0.15) is 47.0 Å². The predicted molar refractivity (Wildman–Crippen MR) is 75.4 cm³/mol. The molecule has 5 heteroatoms. The zero-order chi connectivity index (χ0) is 14.4. The van der Waals surface area contributed by atoms with E-state index in [-0.39, 0.29) is 5.41 Å². The van der Waals surface area contributed by atoms with Crippen LogP contribution in [0, 0.1) is 16.7 Å². The minimum Gasteiger partial charge on any atom is -0.480 e. The van der Waals surface area contributed by atoms with Crippen LogP contribution in [0.15, 0.2) is 0 Å². The molecule has 0 radical (unpaired) electrons. The van der Waals surface area contributed by atoms with Crippen LogP contribution >= 0.6 is 11.8 Å². The first-order valence-electron chi connectivity index (χ1n) is 6.16. The summed E-state index contributed by atoms with van der Waals surface area (Å²) >= 11 is 1.58. The van der Waals surface area contributed by atoms with Crippen LogP contribution < -0.4 is 5.73 Å². The number of carbonyl (C=O) groups is 1. The van der Waals surface area contributed by atoms with E-state index >= 15 is 0 Å². The lowest BCUT2D eigenvalue weighted by Gasteiger charge is -2.28. The first-order chi connectivity index (χ1) is 8.12. The molecule has 0 aliphatic carbocycles. The van der Waals surface area contributed by atoms with Gasteiger partial charge in [-0.1, -0.05) is 6.42 Å². The molecular formula is C13H24N2O2S. The van der Waals surface area contributed by atoms with Crippen molar-refractivity contribution in [2.45, 2.75) is 57.7 Å². The smallest absolute Gasteiger partial charge is 0.321 e. The largest absolute Gasteiger partial charge is 0.480 e. The molecule has 0 aromatic rings. The van der Waals surface area contributed by atoms with E-state index in [2.05, 4.69) is 6.07 Å². The summed E-state index contributed by atoms with van der Waals surface area (Å²) in [6.45, 7) is 7.58. The Morgan fingerprint density at radius 1 is 1.39 bits per heavy atom. The summed E-state index contributed by atoms with van der Waals surface area (Å²) in [4.78, 5) is 10.8. The molecule has 0 rings (SSSR count). The molecule has 104 valence electrons. The van der Waals surface area contributed by atoms with Gasteiger partial charge in [0, 0.05) is 4.75 Å². The normalized spacial score (nSPS) is 14.0. The van der Waals surface area contributed by atoms with Crippen molar-refractivity contribution in [3.8, 4) is 6.07 Å². The van der Waals surface area contributed by atoms with Gasteiger partial charge in [-0.25, -0.2) is 0 Å². The highest BCUT2D eigenvalue weighted by Crippen LogP contribution is 2.29. The Morgan fingerprint density at radius 2 is 1.94 bits per heavy atom. The second-order valence-corrected chi connectivity index (χ2v) is 7.47. The zero-order valence-corrected chi connectivity index (χ0v) is 12.5. The molecule has 0 aromatic carbocycles. The number of nitrogens with two attached hydrogens (primary N) is 1. The monoisotopic (exact) mass is 272 g/mol. The number of carboxylic acid groups (broad SMARTS) is 1. The average Bonchev–Trinajstić information content (AvgIpc) is 2.27. The molecule has 0 saturated heterocycles. The van der Waals surface area contributed by atoms with E-state index in [1.54, 1.807) is 11.8 Å². The van der Waals surface area contributed by atoms with Crippen LogP contribution in [0.3, 0.4) is 0 Å². The second-order valence-electron chi connectivity index (χ2n) is 5.72. The lowest BCUT2D eigenvalue weighted by Crippen LogP contribution is -2.46. The van der Waals surface area contributed by atoms with Gasteiger partial charge in [-0.3, -0.25) is 4.79 Å². The van der Waals surface area contributed by atoms with Gasteiger partial charge in [0.05, 0.1) is 11.5 Å². The van der Waals surface area contributed by atoms with Gasteiger partial charge in [0.2, 0.25) is 0 Å². The lowest BCUT2D eigenvalue weighted by atomic mass is 9.89. The standard InChI is InChI=1S/C13H24N2O2S/c1-12(2,9-14)7-5-6-8-18-13(3,4)10(15)11(16)17/h10H,5-8,15H2,1-4H3,(H,16,17)/t10-/m1/s1. The molecule has 0 aliphatic heterocycles. The number of hydrogen-bond acceptors (Lipinski definition) is 4. The van der Waals surface area contributed by atoms with Crippen molar-refractivity contribution in [3.63, 3.8) is 0 Å². The topological polar surface area (TPSA) is 87.1 Å². The fourth-order valence-corrected chi connectivity index (χ4v) is 2.60. The van der Waals surface area contributed by atoms with Crippen molar-refractivity contribution in [3.05, 3.63) is 0 Å². The maximum Gasteiger partial charge on any atom is 0.321 e. The van der Waals surface area contributed by atoms with Gasteiger partial charge in [0.25, 0.3) is 0 Å². The molecule has 0 fully saturated rings. The van der Waals surface area contributed by atoms with Crippen molar-refractivity contribution >= 4 is 17.7 Å². The summed E-state index contributed by atoms with van der Waals surface area (Å²) < 4.78 is -0.462. The Hall–Kier alpha value is -0.730. The molecule has 3 N–H and O–H groups in total. The third kappa shape index (κ3) is 6.27. The van der Waals surface area contributed by atoms with Gasteiger partial charge < -0.3 is 10.8 Å². The quantitative estimate of drug-likeness (QED) is 0.663. The van der Waals surface area contributed by atoms with E-state index < -0.39 is 16.8 Å². The Balaban J connectivity index is 3.92. The highest BCUT2D eigenvalue weighted by molar-refractivity contribution is 8.00. The molecule has 0 heterocycles. The lowest BCUT2D eigenvalue weighted by molar-refractivity contribution is -0.139. The summed E-state index contributed by atoms with van der Waals surface area (Å²) in [5.74, 6) is -0.0896. The van der Waals surface area contributed by atoms with E-state index in [1.807, 2.05) is 27.7 Å². The summed E-state index contributed by atoms with van der Waals surface area (Å²) in [5.41, 5.74) is 5.37. The summed E-state index contributed by atoms with van der Waals surface area (Å²) in [6, 6.07) is 1.43. The van der Waals surface area contributed by atoms with E-state index in [0.717, 1.165) is 25.0 Å². The van der Waals surface area contributed by atoms with Crippen molar-refractivity contribution in [2.24, 2.45) is 11.1 Å². The number of nitrogens with zero attached hydrogens (tertiary/aromatic N) is 1. The number of thioether (sulfide) groups is 1. The minimum atomic E-state index is -0.960. The first kappa shape index (κ1) is 17.3. The molecule has 0 amide bonds. The summed E-state index contributed by atoms with van der Waals surface area (Å²) in [6.07, 6.45) is 2.83. The number of hydrogen-bond donors (Lipinski definition) is 2. The molecule has 0 aliphatic rings. The highest BCUT2D eigenvalue weighted by Gasteiger charge is 2.32. The summed E-state index contributed by atoms with van der Waals surface area (Å²) in [5, 5.41) is 17.8. The van der Waals surface area contributed by atoms with Crippen LogP contribution in [0.25, 0.3) is 0 Å².